The van der Waals surface area contributed by atoms with Crippen LogP contribution in [0.3, 0.4) is 0 Å². The zero-order valence-electron chi connectivity index (χ0n) is 9.44. The highest BCUT2D eigenvalue weighted by Crippen LogP contribution is 2.54. The van der Waals surface area contributed by atoms with E-state index in [0.717, 1.165) is 6.42 Å². The Bertz CT molecular complexity index is 304. The normalized spacial score (nSPS) is 51.1. The quantitative estimate of drug-likeness (QED) is 0.454. The molecule has 16 heavy (non-hydrogen) atoms. The van der Waals surface area contributed by atoms with Crippen LogP contribution >= 0.6 is 22.6 Å². The van der Waals surface area contributed by atoms with Gasteiger partial charge in [0, 0.05) is 9.34 Å². The minimum atomic E-state index is -0.0603. The lowest BCUT2D eigenvalue weighted by Gasteiger charge is -2.40. The maximum absolute atomic E-state index is 9.87. The van der Waals surface area contributed by atoms with Gasteiger partial charge in [0.15, 0.2) is 0 Å². The van der Waals surface area contributed by atoms with Crippen LogP contribution in [0.1, 0.15) is 32.1 Å². The molecular formula is C13H19IO2. The van der Waals surface area contributed by atoms with Gasteiger partial charge in [-0.3, -0.25) is 0 Å². The average molecular weight is 334 g/mol. The third-order valence-electron chi connectivity index (χ3n) is 4.64. The number of rotatable bonds is 1. The number of ether oxygens (including phenoxy) is 1. The van der Waals surface area contributed by atoms with E-state index in [2.05, 4.69) is 34.7 Å². The molecule has 0 aromatic heterocycles. The molecule has 1 saturated heterocycles. The molecule has 3 rings (SSSR count). The minimum absolute atomic E-state index is 0.0603. The summed E-state index contributed by atoms with van der Waals surface area (Å²) in [6.07, 6.45) is 11.3. The summed E-state index contributed by atoms with van der Waals surface area (Å²) in [5.74, 6) is 0.560. The molecule has 1 heterocycles. The van der Waals surface area contributed by atoms with E-state index in [4.69, 9.17) is 4.74 Å². The Morgan fingerprint density at radius 2 is 2.19 bits per heavy atom. The fourth-order valence-electron chi connectivity index (χ4n) is 3.84. The van der Waals surface area contributed by atoms with Crippen molar-refractivity contribution in [3.8, 4) is 0 Å². The maximum atomic E-state index is 9.87. The molecule has 0 amide bonds. The smallest absolute Gasteiger partial charge is 0.0815 e. The zero-order chi connectivity index (χ0) is 11.2. The van der Waals surface area contributed by atoms with Crippen LogP contribution in [0.4, 0.5) is 0 Å². The Morgan fingerprint density at radius 3 is 3.00 bits per heavy atom. The Labute approximate surface area is 111 Å². The van der Waals surface area contributed by atoms with Crippen molar-refractivity contribution in [2.24, 2.45) is 11.3 Å². The standard InChI is InChI=1S/C13H19IO2/c14-10-5-3-7-13(8-15)9-4-1-2-6-11(9)16-12(10)13/h3,7,9-12,15H,1-2,4-6,8H2/t9-,10+,11-,12-,13+/m0/s1. The molecular weight excluding hydrogens is 315 g/mol. The van der Waals surface area contributed by atoms with Gasteiger partial charge in [-0.25, -0.2) is 0 Å². The highest BCUT2D eigenvalue weighted by atomic mass is 127. The molecule has 2 fully saturated rings. The second-order valence-corrected chi connectivity index (χ2v) is 7.01. The third kappa shape index (κ3) is 1.51. The van der Waals surface area contributed by atoms with Crippen LogP contribution in [0.25, 0.3) is 0 Å². The summed E-state index contributed by atoms with van der Waals surface area (Å²) in [6.45, 7) is 0.259. The number of aliphatic hydroxyl groups is 1. The van der Waals surface area contributed by atoms with Gasteiger partial charge in [-0.15, -0.1) is 0 Å². The highest BCUT2D eigenvalue weighted by molar-refractivity contribution is 14.1. The molecule has 0 radical (unpaired) electrons. The number of hydrogen-bond donors (Lipinski definition) is 1. The SMILES string of the molecule is OC[C@@]12C=CC[C@@H](I)[C@@H]1O[C@H]1CCCC[C@@H]12. The zero-order valence-corrected chi connectivity index (χ0v) is 11.6. The molecule has 1 saturated carbocycles. The van der Waals surface area contributed by atoms with Crippen molar-refractivity contribution in [2.75, 3.05) is 6.61 Å². The fraction of sp³-hybridized carbons (Fsp3) is 0.846. The first-order valence-corrected chi connectivity index (χ1v) is 7.60. The van der Waals surface area contributed by atoms with Gasteiger partial charge < -0.3 is 9.84 Å². The lowest BCUT2D eigenvalue weighted by molar-refractivity contribution is 0.00305. The van der Waals surface area contributed by atoms with E-state index < -0.39 is 0 Å². The van der Waals surface area contributed by atoms with E-state index in [0.29, 0.717) is 15.9 Å². The van der Waals surface area contributed by atoms with Crippen LogP contribution in [-0.2, 0) is 4.74 Å². The first-order chi connectivity index (χ1) is 7.78. The second kappa shape index (κ2) is 4.25. The van der Waals surface area contributed by atoms with Crippen molar-refractivity contribution in [3.63, 3.8) is 0 Å². The van der Waals surface area contributed by atoms with Crippen molar-refractivity contribution in [1.82, 2.24) is 0 Å². The summed E-state index contributed by atoms with van der Waals surface area (Å²) in [5.41, 5.74) is -0.0603. The predicted octanol–water partition coefficient (Wildman–Crippen LogP) is 2.69. The number of alkyl halides is 1. The third-order valence-corrected chi connectivity index (χ3v) is 5.80. The number of allylic oxidation sites excluding steroid dienone is 1. The number of fused-ring (bicyclic) bond motifs is 3. The van der Waals surface area contributed by atoms with Gasteiger partial charge >= 0.3 is 0 Å². The lowest BCUT2D eigenvalue weighted by atomic mass is 9.65. The largest absolute Gasteiger partial charge is 0.395 e. The second-order valence-electron chi connectivity index (χ2n) is 5.41. The van der Waals surface area contributed by atoms with E-state index in [9.17, 15) is 5.11 Å². The van der Waals surface area contributed by atoms with E-state index in [1.54, 1.807) is 0 Å². The van der Waals surface area contributed by atoms with Crippen molar-refractivity contribution < 1.29 is 9.84 Å². The van der Waals surface area contributed by atoms with Crippen LogP contribution in [0.5, 0.6) is 0 Å². The summed E-state index contributed by atoms with van der Waals surface area (Å²) in [5, 5.41) is 9.87. The molecule has 90 valence electrons. The van der Waals surface area contributed by atoms with Gasteiger partial charge in [0.05, 0.1) is 18.8 Å². The molecule has 0 unspecified atom stereocenters. The lowest BCUT2D eigenvalue weighted by Crippen LogP contribution is -2.45. The van der Waals surface area contributed by atoms with Crippen LogP contribution in [0.15, 0.2) is 12.2 Å². The molecule has 0 aromatic carbocycles. The van der Waals surface area contributed by atoms with Crippen LogP contribution in [-0.4, -0.2) is 27.8 Å². The van der Waals surface area contributed by atoms with Crippen molar-refractivity contribution in [3.05, 3.63) is 12.2 Å². The van der Waals surface area contributed by atoms with Crippen molar-refractivity contribution in [2.45, 2.75) is 48.2 Å². The minimum Gasteiger partial charge on any atom is -0.395 e. The Hall–Kier alpha value is 0.390. The Morgan fingerprint density at radius 1 is 1.38 bits per heavy atom. The molecule has 0 aromatic rings. The highest BCUT2D eigenvalue weighted by Gasteiger charge is 2.57. The van der Waals surface area contributed by atoms with E-state index in [1.165, 1.54) is 25.7 Å². The number of halogens is 1. The molecule has 2 nitrogen and oxygen atoms in total. The topological polar surface area (TPSA) is 29.5 Å². The van der Waals surface area contributed by atoms with E-state index in [-0.39, 0.29) is 18.1 Å². The Balaban J connectivity index is 1.97. The molecule has 0 spiro atoms. The predicted molar refractivity (Wildman–Crippen MR) is 71.7 cm³/mol. The Kier molecular flexibility index (Phi) is 3.05. The van der Waals surface area contributed by atoms with Gasteiger partial charge in [0.25, 0.3) is 0 Å². The summed E-state index contributed by atoms with van der Waals surface area (Å²) < 4.78 is 6.79. The summed E-state index contributed by atoms with van der Waals surface area (Å²) >= 11 is 2.49. The van der Waals surface area contributed by atoms with Crippen molar-refractivity contribution >= 4 is 22.6 Å². The van der Waals surface area contributed by atoms with Gasteiger partial charge in [0.1, 0.15) is 0 Å². The van der Waals surface area contributed by atoms with Crippen LogP contribution < -0.4 is 0 Å². The number of hydrogen-bond acceptors (Lipinski definition) is 2. The van der Waals surface area contributed by atoms with Crippen molar-refractivity contribution in [1.29, 1.82) is 0 Å². The molecule has 1 N–H and O–H groups in total. The fourth-order valence-corrected chi connectivity index (χ4v) is 4.97. The van der Waals surface area contributed by atoms with Crippen LogP contribution in [0, 0.1) is 11.3 Å². The van der Waals surface area contributed by atoms with E-state index in [1.807, 2.05) is 0 Å². The van der Waals surface area contributed by atoms with Gasteiger partial charge in [-0.1, -0.05) is 47.6 Å². The number of aliphatic hydroxyl groups excluding tert-OH is 1. The summed E-state index contributed by atoms with van der Waals surface area (Å²) in [4.78, 5) is 0. The molecule has 1 aliphatic heterocycles. The maximum Gasteiger partial charge on any atom is 0.0815 e. The molecule has 3 aliphatic rings. The average Bonchev–Trinajstić information content (AvgIpc) is 2.66. The summed E-state index contributed by atoms with van der Waals surface area (Å²) in [6, 6.07) is 0. The van der Waals surface area contributed by atoms with Crippen LogP contribution in [0.2, 0.25) is 0 Å². The molecule has 0 bridgehead atoms. The summed E-state index contributed by atoms with van der Waals surface area (Å²) in [7, 11) is 0. The van der Waals surface area contributed by atoms with Gasteiger partial charge in [0.2, 0.25) is 0 Å². The molecule has 2 aliphatic carbocycles. The van der Waals surface area contributed by atoms with Gasteiger partial charge in [-0.05, 0) is 25.2 Å². The van der Waals surface area contributed by atoms with E-state index >= 15 is 0 Å². The monoisotopic (exact) mass is 334 g/mol. The first kappa shape index (κ1) is 11.5. The molecule has 5 atom stereocenters. The molecule has 3 heteroatoms. The first-order valence-electron chi connectivity index (χ1n) is 6.36. The van der Waals surface area contributed by atoms with Gasteiger partial charge in [-0.2, -0.15) is 0 Å².